The lowest BCUT2D eigenvalue weighted by Gasteiger charge is -2.12. The normalized spacial score (nSPS) is 12.6. The van der Waals surface area contributed by atoms with Crippen molar-refractivity contribution in [3.05, 3.63) is 29.6 Å². The van der Waals surface area contributed by atoms with Crippen molar-refractivity contribution in [2.75, 3.05) is 0 Å². The lowest BCUT2D eigenvalue weighted by Crippen LogP contribution is -2.24. The van der Waals surface area contributed by atoms with Crippen LogP contribution in [0, 0.1) is 6.92 Å². The van der Waals surface area contributed by atoms with Gasteiger partial charge in [0.15, 0.2) is 0 Å². The van der Waals surface area contributed by atoms with Crippen molar-refractivity contribution >= 4 is 22.9 Å². The fourth-order valence-electron chi connectivity index (χ4n) is 1.97. The van der Waals surface area contributed by atoms with Crippen LogP contribution in [0.4, 0.5) is 0 Å². The van der Waals surface area contributed by atoms with Gasteiger partial charge < -0.3 is 15.4 Å². The van der Waals surface area contributed by atoms with E-state index >= 15 is 0 Å². The Kier molecular flexibility index (Phi) is 2.78. The molecule has 94 valence electrons. The lowest BCUT2D eigenvalue weighted by molar-refractivity contribution is -0.120. The molecule has 1 unspecified atom stereocenters. The highest BCUT2D eigenvalue weighted by Crippen LogP contribution is 2.21. The number of rotatable bonds is 3. The minimum atomic E-state index is -1.01. The van der Waals surface area contributed by atoms with Crippen LogP contribution in [0.1, 0.15) is 29.1 Å². The molecule has 6 nitrogen and oxygen atoms in total. The molecule has 1 heterocycles. The number of carboxylic acid groups (broad SMARTS) is 1. The Bertz CT molecular complexity index is 645. The summed E-state index contributed by atoms with van der Waals surface area (Å²) in [6.45, 7) is 3.43. The highest BCUT2D eigenvalue weighted by Gasteiger charge is 2.18. The number of fused-ring (bicyclic) bond motifs is 1. The van der Waals surface area contributed by atoms with Crippen molar-refractivity contribution in [3.63, 3.8) is 0 Å². The molecule has 0 radical (unpaired) electrons. The molecule has 0 aliphatic carbocycles. The maximum Gasteiger partial charge on any atom is 0.335 e. The molecule has 2 aromatic rings. The molecule has 1 aromatic carbocycles. The van der Waals surface area contributed by atoms with E-state index in [2.05, 4.69) is 4.98 Å². The minimum absolute atomic E-state index is 0.166. The van der Waals surface area contributed by atoms with Gasteiger partial charge in [-0.05, 0) is 32.0 Å². The summed E-state index contributed by atoms with van der Waals surface area (Å²) in [5.74, 6) is -0.842. The number of amides is 1. The van der Waals surface area contributed by atoms with Gasteiger partial charge in [-0.25, -0.2) is 9.78 Å². The molecule has 0 aliphatic rings. The second kappa shape index (κ2) is 4.14. The Balaban J connectivity index is 2.66. The Labute approximate surface area is 103 Å². The lowest BCUT2D eigenvalue weighted by atomic mass is 10.2. The molecule has 1 aromatic heterocycles. The summed E-state index contributed by atoms with van der Waals surface area (Å²) in [5.41, 5.74) is 6.69. The summed E-state index contributed by atoms with van der Waals surface area (Å²) in [5, 5.41) is 8.91. The van der Waals surface area contributed by atoms with Crippen LogP contribution in [0.3, 0.4) is 0 Å². The quantitative estimate of drug-likeness (QED) is 0.848. The summed E-state index contributed by atoms with van der Waals surface area (Å²) in [6, 6.07) is 4.08. The van der Waals surface area contributed by atoms with Crippen molar-refractivity contribution in [2.24, 2.45) is 5.73 Å². The fraction of sp³-hybridized carbons (Fsp3) is 0.250. The molecule has 0 saturated heterocycles. The Morgan fingerprint density at radius 1 is 1.44 bits per heavy atom. The molecular formula is C12H13N3O3. The molecule has 6 heteroatoms. The van der Waals surface area contributed by atoms with Gasteiger partial charge >= 0.3 is 5.97 Å². The van der Waals surface area contributed by atoms with Crippen LogP contribution in [-0.2, 0) is 4.79 Å². The largest absolute Gasteiger partial charge is 0.478 e. The van der Waals surface area contributed by atoms with Crippen molar-refractivity contribution < 1.29 is 14.7 Å². The fourth-order valence-corrected chi connectivity index (χ4v) is 1.97. The van der Waals surface area contributed by atoms with Gasteiger partial charge in [-0.15, -0.1) is 0 Å². The first-order chi connectivity index (χ1) is 8.41. The number of benzene rings is 1. The third-order valence-electron chi connectivity index (χ3n) is 2.91. The van der Waals surface area contributed by atoms with Gasteiger partial charge in [-0.2, -0.15) is 0 Å². The maximum absolute atomic E-state index is 11.2. The van der Waals surface area contributed by atoms with Crippen LogP contribution in [0.15, 0.2) is 18.2 Å². The van der Waals surface area contributed by atoms with Gasteiger partial charge in [0.1, 0.15) is 11.9 Å². The number of aromatic carboxylic acids is 1. The summed E-state index contributed by atoms with van der Waals surface area (Å²) < 4.78 is 1.70. The number of nitrogens with zero attached hydrogens (tertiary/aromatic N) is 2. The van der Waals surface area contributed by atoms with Crippen LogP contribution in [0.5, 0.6) is 0 Å². The molecule has 0 saturated carbocycles. The van der Waals surface area contributed by atoms with E-state index in [1.165, 1.54) is 12.1 Å². The number of hydrogen-bond acceptors (Lipinski definition) is 3. The smallest absolute Gasteiger partial charge is 0.335 e. The van der Waals surface area contributed by atoms with Gasteiger partial charge in [0.25, 0.3) is 0 Å². The molecular weight excluding hydrogens is 234 g/mol. The van der Waals surface area contributed by atoms with E-state index in [0.29, 0.717) is 16.9 Å². The van der Waals surface area contributed by atoms with Gasteiger partial charge in [0.2, 0.25) is 5.91 Å². The zero-order valence-electron chi connectivity index (χ0n) is 10.0. The van der Waals surface area contributed by atoms with E-state index < -0.39 is 17.9 Å². The molecule has 18 heavy (non-hydrogen) atoms. The molecule has 0 fully saturated rings. The first-order valence-corrected chi connectivity index (χ1v) is 5.43. The van der Waals surface area contributed by atoms with E-state index in [0.717, 1.165) is 0 Å². The Morgan fingerprint density at radius 3 is 2.67 bits per heavy atom. The number of carbonyl (C=O) groups is 2. The number of hydrogen-bond donors (Lipinski definition) is 2. The molecule has 2 rings (SSSR count). The SMILES string of the molecule is Cc1nc2cc(C(=O)O)ccc2n1C(C)C(N)=O. The van der Waals surface area contributed by atoms with Crippen molar-refractivity contribution in [2.45, 2.75) is 19.9 Å². The van der Waals surface area contributed by atoms with E-state index in [1.54, 1.807) is 24.5 Å². The highest BCUT2D eigenvalue weighted by molar-refractivity contribution is 5.93. The van der Waals surface area contributed by atoms with E-state index in [9.17, 15) is 9.59 Å². The second-order valence-corrected chi connectivity index (χ2v) is 4.12. The second-order valence-electron chi connectivity index (χ2n) is 4.12. The predicted molar refractivity (Wildman–Crippen MR) is 65.3 cm³/mol. The topological polar surface area (TPSA) is 98.2 Å². The minimum Gasteiger partial charge on any atom is -0.478 e. The summed E-state index contributed by atoms with van der Waals surface area (Å²) in [6.07, 6.45) is 0. The third-order valence-corrected chi connectivity index (χ3v) is 2.91. The number of imidazole rings is 1. The Hall–Kier alpha value is -2.37. The van der Waals surface area contributed by atoms with Crippen molar-refractivity contribution in [1.29, 1.82) is 0 Å². The number of nitrogens with two attached hydrogens (primary N) is 1. The molecule has 1 atom stereocenters. The van der Waals surface area contributed by atoms with Gasteiger partial charge in [0.05, 0.1) is 16.6 Å². The summed E-state index contributed by atoms with van der Waals surface area (Å²) >= 11 is 0. The van der Waals surface area contributed by atoms with Crippen LogP contribution in [0.25, 0.3) is 11.0 Å². The highest BCUT2D eigenvalue weighted by atomic mass is 16.4. The molecule has 3 N–H and O–H groups in total. The van der Waals surface area contributed by atoms with E-state index in [-0.39, 0.29) is 5.56 Å². The monoisotopic (exact) mass is 247 g/mol. The average Bonchev–Trinajstić information content (AvgIpc) is 2.62. The van der Waals surface area contributed by atoms with E-state index in [4.69, 9.17) is 10.8 Å². The third kappa shape index (κ3) is 1.81. The molecule has 0 aliphatic heterocycles. The van der Waals surface area contributed by atoms with Crippen LogP contribution >= 0.6 is 0 Å². The van der Waals surface area contributed by atoms with Gasteiger partial charge in [0, 0.05) is 0 Å². The summed E-state index contributed by atoms with van der Waals surface area (Å²) in [7, 11) is 0. The summed E-state index contributed by atoms with van der Waals surface area (Å²) in [4.78, 5) is 26.4. The first kappa shape index (κ1) is 12.1. The van der Waals surface area contributed by atoms with Crippen molar-refractivity contribution in [1.82, 2.24) is 9.55 Å². The number of aromatic nitrogens is 2. The predicted octanol–water partition coefficient (Wildman–Crippen LogP) is 1.09. The standard InChI is InChI=1S/C12H13N3O3/c1-6(11(13)16)15-7(2)14-9-5-8(12(17)18)3-4-10(9)15/h3-6H,1-2H3,(H2,13,16)(H,17,18). The number of aryl methyl sites for hydroxylation is 1. The van der Waals surface area contributed by atoms with Crippen LogP contribution in [-0.4, -0.2) is 26.5 Å². The van der Waals surface area contributed by atoms with Crippen LogP contribution in [0.2, 0.25) is 0 Å². The van der Waals surface area contributed by atoms with Gasteiger partial charge in [-0.1, -0.05) is 0 Å². The van der Waals surface area contributed by atoms with E-state index in [1.807, 2.05) is 0 Å². The zero-order valence-corrected chi connectivity index (χ0v) is 10.0. The molecule has 1 amide bonds. The average molecular weight is 247 g/mol. The van der Waals surface area contributed by atoms with Crippen LogP contribution < -0.4 is 5.73 Å². The Morgan fingerprint density at radius 2 is 2.11 bits per heavy atom. The first-order valence-electron chi connectivity index (χ1n) is 5.43. The van der Waals surface area contributed by atoms with Gasteiger partial charge in [-0.3, -0.25) is 4.79 Å². The maximum atomic E-state index is 11.2. The number of carbonyl (C=O) groups excluding carboxylic acids is 1. The molecule has 0 bridgehead atoms. The number of primary amides is 1. The zero-order chi connectivity index (χ0) is 13.4. The number of carboxylic acids is 1. The van der Waals surface area contributed by atoms with Crippen molar-refractivity contribution in [3.8, 4) is 0 Å². The molecule has 0 spiro atoms.